The molecule has 1 aromatic heterocycles. The average Bonchev–Trinajstić information content (AvgIpc) is 2.85. The van der Waals surface area contributed by atoms with E-state index in [1.165, 1.54) is 18.4 Å². The normalized spacial score (nSPS) is 10.0. The van der Waals surface area contributed by atoms with Gasteiger partial charge in [-0.2, -0.15) is 0 Å². The van der Waals surface area contributed by atoms with Gasteiger partial charge in [0.15, 0.2) is 0 Å². The number of anilines is 1. The van der Waals surface area contributed by atoms with E-state index in [1.807, 2.05) is 0 Å². The maximum Gasteiger partial charge on any atom is 0.337 e. The zero-order valence-corrected chi connectivity index (χ0v) is 11.5. The highest BCUT2D eigenvalue weighted by Crippen LogP contribution is 2.23. The fraction of sp³-hybridized carbons (Fsp3) is 0.0769. The molecule has 2 rings (SSSR count). The Morgan fingerprint density at radius 1 is 1.21 bits per heavy atom. The average molecular weight is 296 g/mol. The zero-order chi connectivity index (χ0) is 13.8. The molecule has 0 unspecified atom stereocenters. The van der Waals surface area contributed by atoms with Crippen molar-refractivity contribution in [1.29, 1.82) is 0 Å². The van der Waals surface area contributed by atoms with Crippen LogP contribution >= 0.6 is 22.9 Å². The van der Waals surface area contributed by atoms with Gasteiger partial charge in [0.2, 0.25) is 0 Å². The number of hydrogen-bond donors (Lipinski definition) is 1. The van der Waals surface area contributed by atoms with Crippen LogP contribution in [-0.2, 0) is 4.74 Å². The second-order valence-corrected chi connectivity index (χ2v) is 4.94. The van der Waals surface area contributed by atoms with Gasteiger partial charge in [-0.3, -0.25) is 4.79 Å². The van der Waals surface area contributed by atoms with Crippen molar-refractivity contribution in [3.05, 3.63) is 51.2 Å². The SMILES string of the molecule is COC(=O)c1ccc(NC(=O)c2sccc2Cl)cc1. The summed E-state index contributed by atoms with van der Waals surface area (Å²) < 4.78 is 4.59. The summed E-state index contributed by atoms with van der Waals surface area (Å²) in [6.07, 6.45) is 0. The third kappa shape index (κ3) is 3.13. The van der Waals surface area contributed by atoms with Crippen LogP contribution in [-0.4, -0.2) is 19.0 Å². The van der Waals surface area contributed by atoms with Gasteiger partial charge in [-0.25, -0.2) is 4.79 Å². The summed E-state index contributed by atoms with van der Waals surface area (Å²) in [6.45, 7) is 0. The molecule has 4 nitrogen and oxygen atoms in total. The quantitative estimate of drug-likeness (QED) is 0.883. The molecule has 0 fully saturated rings. The Kier molecular flexibility index (Phi) is 4.19. The fourth-order valence-electron chi connectivity index (χ4n) is 1.45. The number of benzene rings is 1. The van der Waals surface area contributed by atoms with E-state index < -0.39 is 5.97 Å². The molecule has 2 aromatic rings. The molecule has 0 atom stereocenters. The number of nitrogens with one attached hydrogen (secondary N) is 1. The first-order valence-electron chi connectivity index (χ1n) is 5.34. The van der Waals surface area contributed by atoms with Crippen LogP contribution in [0, 0.1) is 0 Å². The van der Waals surface area contributed by atoms with E-state index in [0.717, 1.165) is 0 Å². The number of hydrogen-bond acceptors (Lipinski definition) is 4. The van der Waals surface area contributed by atoms with Crippen molar-refractivity contribution < 1.29 is 14.3 Å². The Morgan fingerprint density at radius 3 is 2.42 bits per heavy atom. The lowest BCUT2D eigenvalue weighted by atomic mass is 10.2. The second kappa shape index (κ2) is 5.86. The van der Waals surface area contributed by atoms with Crippen molar-refractivity contribution >= 4 is 40.5 Å². The molecular weight excluding hydrogens is 286 g/mol. The lowest BCUT2D eigenvalue weighted by Crippen LogP contribution is -2.11. The molecule has 0 spiro atoms. The van der Waals surface area contributed by atoms with Gasteiger partial charge in [0.1, 0.15) is 4.88 Å². The number of ether oxygens (including phenoxy) is 1. The van der Waals surface area contributed by atoms with Gasteiger partial charge in [0.05, 0.1) is 17.7 Å². The summed E-state index contributed by atoms with van der Waals surface area (Å²) in [5.41, 5.74) is 1.01. The molecule has 98 valence electrons. The van der Waals surface area contributed by atoms with Crippen molar-refractivity contribution in [2.24, 2.45) is 0 Å². The van der Waals surface area contributed by atoms with Crippen LogP contribution in [0.3, 0.4) is 0 Å². The number of rotatable bonds is 3. The third-order valence-corrected chi connectivity index (χ3v) is 3.73. The molecule has 0 saturated carbocycles. The highest BCUT2D eigenvalue weighted by Gasteiger charge is 2.12. The van der Waals surface area contributed by atoms with Gasteiger partial charge >= 0.3 is 5.97 Å². The zero-order valence-electron chi connectivity index (χ0n) is 9.98. The van der Waals surface area contributed by atoms with E-state index in [-0.39, 0.29) is 5.91 Å². The summed E-state index contributed by atoms with van der Waals surface area (Å²) >= 11 is 7.15. The first kappa shape index (κ1) is 13.6. The van der Waals surface area contributed by atoms with Crippen molar-refractivity contribution in [3.8, 4) is 0 Å². The Hall–Kier alpha value is -1.85. The number of amides is 1. The standard InChI is InChI=1S/C13H10ClNO3S/c1-18-13(17)8-2-4-9(5-3-8)15-12(16)11-10(14)6-7-19-11/h2-7H,1H3,(H,15,16). The van der Waals surface area contributed by atoms with Crippen LogP contribution < -0.4 is 5.32 Å². The molecule has 0 bridgehead atoms. The molecular formula is C13H10ClNO3S. The van der Waals surface area contributed by atoms with Crippen LogP contribution in [0.5, 0.6) is 0 Å². The number of methoxy groups -OCH3 is 1. The number of carbonyl (C=O) groups excluding carboxylic acids is 2. The highest BCUT2D eigenvalue weighted by atomic mass is 35.5. The number of thiophene rings is 1. The monoisotopic (exact) mass is 295 g/mol. The van der Waals surface area contributed by atoms with E-state index in [2.05, 4.69) is 10.1 Å². The first-order chi connectivity index (χ1) is 9.11. The van der Waals surface area contributed by atoms with Crippen molar-refractivity contribution in [2.45, 2.75) is 0 Å². The predicted molar refractivity (Wildman–Crippen MR) is 75.1 cm³/mol. The lowest BCUT2D eigenvalue weighted by molar-refractivity contribution is 0.0600. The highest BCUT2D eigenvalue weighted by molar-refractivity contribution is 7.12. The molecule has 6 heteroatoms. The molecule has 1 aromatic carbocycles. The van der Waals surface area contributed by atoms with Gasteiger partial charge in [-0.1, -0.05) is 11.6 Å². The molecule has 1 N–H and O–H groups in total. The molecule has 0 aliphatic carbocycles. The number of carbonyl (C=O) groups is 2. The van der Waals surface area contributed by atoms with Crippen LogP contribution in [0.1, 0.15) is 20.0 Å². The van der Waals surface area contributed by atoms with E-state index in [4.69, 9.17) is 11.6 Å². The van der Waals surface area contributed by atoms with Crippen molar-refractivity contribution in [2.75, 3.05) is 12.4 Å². The smallest absolute Gasteiger partial charge is 0.337 e. The molecule has 1 amide bonds. The van der Waals surface area contributed by atoms with Crippen LogP contribution in [0.4, 0.5) is 5.69 Å². The third-order valence-electron chi connectivity index (χ3n) is 2.39. The lowest BCUT2D eigenvalue weighted by Gasteiger charge is -2.05. The van der Waals surface area contributed by atoms with E-state index >= 15 is 0 Å². The topological polar surface area (TPSA) is 55.4 Å². The summed E-state index contributed by atoms with van der Waals surface area (Å²) in [7, 11) is 1.32. The predicted octanol–water partition coefficient (Wildman–Crippen LogP) is 3.44. The minimum absolute atomic E-state index is 0.272. The minimum Gasteiger partial charge on any atom is -0.465 e. The summed E-state index contributed by atoms with van der Waals surface area (Å²) in [5.74, 6) is -0.690. The molecule has 19 heavy (non-hydrogen) atoms. The molecule has 0 aliphatic heterocycles. The Labute approximate surface area is 119 Å². The largest absolute Gasteiger partial charge is 0.465 e. The molecule has 0 saturated heterocycles. The fourth-order valence-corrected chi connectivity index (χ4v) is 2.49. The Morgan fingerprint density at radius 2 is 1.89 bits per heavy atom. The Bertz CT molecular complexity index is 607. The molecule has 0 radical (unpaired) electrons. The number of esters is 1. The summed E-state index contributed by atoms with van der Waals surface area (Å²) in [5, 5.41) is 4.88. The summed E-state index contributed by atoms with van der Waals surface area (Å²) in [6, 6.07) is 8.09. The maximum atomic E-state index is 11.9. The molecule has 0 aliphatic rings. The molecule has 1 heterocycles. The maximum absolute atomic E-state index is 11.9. The van der Waals surface area contributed by atoms with Gasteiger partial charge in [0.25, 0.3) is 5.91 Å². The summed E-state index contributed by atoms with van der Waals surface area (Å²) in [4.78, 5) is 23.6. The second-order valence-electron chi connectivity index (χ2n) is 3.62. The van der Waals surface area contributed by atoms with Crippen LogP contribution in [0.25, 0.3) is 0 Å². The van der Waals surface area contributed by atoms with Crippen molar-refractivity contribution in [3.63, 3.8) is 0 Å². The number of halogens is 1. The van der Waals surface area contributed by atoms with E-state index in [9.17, 15) is 9.59 Å². The van der Waals surface area contributed by atoms with Crippen molar-refractivity contribution in [1.82, 2.24) is 0 Å². The van der Waals surface area contributed by atoms with Gasteiger partial charge < -0.3 is 10.1 Å². The minimum atomic E-state index is -0.417. The van der Waals surface area contributed by atoms with E-state index in [1.54, 1.807) is 35.7 Å². The Balaban J connectivity index is 2.10. The van der Waals surface area contributed by atoms with Gasteiger partial charge in [0, 0.05) is 5.69 Å². The van der Waals surface area contributed by atoms with E-state index in [0.29, 0.717) is 21.2 Å². The first-order valence-corrected chi connectivity index (χ1v) is 6.60. The van der Waals surface area contributed by atoms with Crippen LogP contribution in [0.15, 0.2) is 35.7 Å². The van der Waals surface area contributed by atoms with Gasteiger partial charge in [-0.15, -0.1) is 11.3 Å². The van der Waals surface area contributed by atoms with Crippen LogP contribution in [0.2, 0.25) is 5.02 Å². The van der Waals surface area contributed by atoms with Gasteiger partial charge in [-0.05, 0) is 35.7 Å².